The summed E-state index contributed by atoms with van der Waals surface area (Å²) in [5.41, 5.74) is 0.588. The van der Waals surface area contributed by atoms with Gasteiger partial charge in [-0.3, -0.25) is 0 Å². The molecule has 1 aromatic rings. The lowest BCUT2D eigenvalue weighted by Crippen LogP contribution is -2.13. The minimum atomic E-state index is -4.18. The number of benzene rings is 1. The molecule has 0 heterocycles. The normalized spacial score (nSPS) is 13.7. The fourth-order valence-corrected chi connectivity index (χ4v) is 1.58. The molecule has 1 aromatic carbocycles. The Morgan fingerprint density at radius 1 is 1.24 bits per heavy atom. The largest absolute Gasteiger partial charge is 0.393 e. The van der Waals surface area contributed by atoms with Crippen molar-refractivity contribution in [2.24, 2.45) is 0 Å². The van der Waals surface area contributed by atoms with Gasteiger partial charge in [-0.1, -0.05) is 12.1 Å². The molecule has 0 aliphatic heterocycles. The van der Waals surface area contributed by atoms with Crippen LogP contribution in [0.5, 0.6) is 0 Å². The van der Waals surface area contributed by atoms with E-state index in [2.05, 4.69) is 0 Å². The van der Waals surface area contributed by atoms with E-state index in [1.807, 2.05) is 0 Å². The van der Waals surface area contributed by atoms with E-state index in [9.17, 15) is 22.7 Å². The topological polar surface area (TPSA) is 20.2 Å². The zero-order chi connectivity index (χ0) is 12.9. The summed E-state index contributed by atoms with van der Waals surface area (Å²) in [7, 11) is 0. The number of rotatable bonds is 5. The van der Waals surface area contributed by atoms with E-state index in [1.54, 1.807) is 6.07 Å². The zero-order valence-corrected chi connectivity index (χ0v) is 9.17. The Hall–Kier alpha value is -1.10. The van der Waals surface area contributed by atoms with E-state index in [1.165, 1.54) is 18.2 Å². The number of aliphatic hydroxyl groups excluding tert-OH is 1. The summed E-state index contributed by atoms with van der Waals surface area (Å²) in [6.07, 6.45) is -5.81. The van der Waals surface area contributed by atoms with Crippen LogP contribution in [0.4, 0.5) is 17.6 Å². The Morgan fingerprint density at radius 2 is 1.94 bits per heavy atom. The molecule has 0 saturated heterocycles. The van der Waals surface area contributed by atoms with Crippen molar-refractivity contribution >= 4 is 0 Å². The van der Waals surface area contributed by atoms with Crippen molar-refractivity contribution in [2.75, 3.05) is 0 Å². The highest BCUT2D eigenvalue weighted by molar-refractivity contribution is 5.16. The first-order valence-electron chi connectivity index (χ1n) is 5.36. The van der Waals surface area contributed by atoms with Crippen LogP contribution in [0.25, 0.3) is 0 Å². The van der Waals surface area contributed by atoms with E-state index in [0.717, 1.165) is 0 Å². The maximum Gasteiger partial charge on any atom is 0.389 e. The third kappa shape index (κ3) is 6.26. The van der Waals surface area contributed by atoms with Crippen LogP contribution >= 0.6 is 0 Å². The minimum Gasteiger partial charge on any atom is -0.393 e. The zero-order valence-electron chi connectivity index (χ0n) is 9.17. The maximum atomic E-state index is 12.8. The average molecular weight is 250 g/mol. The summed E-state index contributed by atoms with van der Waals surface area (Å²) in [6.45, 7) is 0. The number of halogens is 4. The van der Waals surface area contributed by atoms with Crippen molar-refractivity contribution in [1.29, 1.82) is 0 Å². The summed E-state index contributed by atoms with van der Waals surface area (Å²) in [5, 5.41) is 9.50. The lowest BCUT2D eigenvalue weighted by molar-refractivity contribution is -0.136. The van der Waals surface area contributed by atoms with Crippen molar-refractivity contribution in [1.82, 2.24) is 0 Å². The highest BCUT2D eigenvalue weighted by Crippen LogP contribution is 2.23. The van der Waals surface area contributed by atoms with E-state index >= 15 is 0 Å². The molecule has 0 saturated carbocycles. The van der Waals surface area contributed by atoms with Crippen molar-refractivity contribution < 1.29 is 22.7 Å². The smallest absolute Gasteiger partial charge is 0.389 e. The van der Waals surface area contributed by atoms with Gasteiger partial charge in [0, 0.05) is 6.42 Å². The first-order chi connectivity index (χ1) is 7.87. The van der Waals surface area contributed by atoms with Crippen molar-refractivity contribution in [3.8, 4) is 0 Å². The summed E-state index contributed by atoms with van der Waals surface area (Å²) in [5.74, 6) is -0.412. The highest BCUT2D eigenvalue weighted by atomic mass is 19.4. The third-order valence-corrected chi connectivity index (χ3v) is 2.36. The van der Waals surface area contributed by atoms with Crippen LogP contribution in [0.3, 0.4) is 0 Å². The molecule has 0 aromatic heterocycles. The molecule has 1 nitrogen and oxygen atoms in total. The van der Waals surface area contributed by atoms with Gasteiger partial charge in [-0.15, -0.1) is 0 Å². The Morgan fingerprint density at radius 3 is 2.53 bits per heavy atom. The quantitative estimate of drug-likeness (QED) is 0.793. The van der Waals surface area contributed by atoms with Crippen LogP contribution in [-0.2, 0) is 6.42 Å². The van der Waals surface area contributed by atoms with Crippen LogP contribution in [0.1, 0.15) is 24.8 Å². The molecule has 96 valence electrons. The number of hydrogen-bond donors (Lipinski definition) is 1. The van der Waals surface area contributed by atoms with Crippen molar-refractivity contribution in [2.45, 2.75) is 38.0 Å². The van der Waals surface area contributed by atoms with E-state index in [0.29, 0.717) is 5.56 Å². The molecule has 0 radical (unpaired) electrons. The molecule has 17 heavy (non-hydrogen) atoms. The molecule has 1 rings (SSSR count). The van der Waals surface area contributed by atoms with Gasteiger partial charge in [-0.25, -0.2) is 4.39 Å². The maximum absolute atomic E-state index is 12.8. The molecule has 1 atom stereocenters. The Labute approximate surface area is 97.1 Å². The lowest BCUT2D eigenvalue weighted by Gasteiger charge is -2.11. The van der Waals surface area contributed by atoms with Gasteiger partial charge < -0.3 is 5.11 Å². The molecule has 0 aliphatic carbocycles. The van der Waals surface area contributed by atoms with E-state index < -0.39 is 24.5 Å². The Bertz CT molecular complexity index is 349. The predicted octanol–water partition coefficient (Wildman–Crippen LogP) is 3.46. The van der Waals surface area contributed by atoms with Crippen LogP contribution < -0.4 is 0 Å². The van der Waals surface area contributed by atoms with E-state index in [4.69, 9.17) is 0 Å². The molecule has 0 bridgehead atoms. The molecule has 1 unspecified atom stereocenters. The van der Waals surface area contributed by atoms with Gasteiger partial charge in [0.2, 0.25) is 0 Å². The molecular weight excluding hydrogens is 236 g/mol. The molecular formula is C12H14F4O. The van der Waals surface area contributed by atoms with Crippen LogP contribution in [-0.4, -0.2) is 17.4 Å². The molecule has 5 heteroatoms. The third-order valence-electron chi connectivity index (χ3n) is 2.36. The summed E-state index contributed by atoms with van der Waals surface area (Å²) < 4.78 is 48.4. The van der Waals surface area contributed by atoms with Crippen LogP contribution in [0, 0.1) is 5.82 Å². The fourth-order valence-electron chi connectivity index (χ4n) is 1.58. The monoisotopic (exact) mass is 250 g/mol. The second-order valence-corrected chi connectivity index (χ2v) is 4.00. The van der Waals surface area contributed by atoms with Gasteiger partial charge in [0.25, 0.3) is 0 Å². The van der Waals surface area contributed by atoms with Gasteiger partial charge in [0.1, 0.15) is 5.82 Å². The average Bonchev–Trinajstić information content (AvgIpc) is 2.15. The van der Waals surface area contributed by atoms with Gasteiger partial charge in [0.15, 0.2) is 0 Å². The molecule has 0 amide bonds. The highest BCUT2D eigenvalue weighted by Gasteiger charge is 2.26. The molecule has 0 fully saturated rings. The first-order valence-corrected chi connectivity index (χ1v) is 5.36. The summed E-state index contributed by atoms with van der Waals surface area (Å²) in [4.78, 5) is 0. The lowest BCUT2D eigenvalue weighted by atomic mass is 10.0. The number of alkyl halides is 3. The first kappa shape index (κ1) is 14.0. The van der Waals surface area contributed by atoms with Gasteiger partial charge in [0.05, 0.1) is 6.10 Å². The summed E-state index contributed by atoms with van der Waals surface area (Å²) in [6, 6.07) is 5.69. The SMILES string of the molecule is OC(CCCC(F)(F)F)Cc1cccc(F)c1. The minimum absolute atomic E-state index is 0.0655. The molecule has 0 aliphatic rings. The Kier molecular flexibility index (Phi) is 4.93. The Balaban J connectivity index is 2.32. The van der Waals surface area contributed by atoms with Crippen LogP contribution in [0.15, 0.2) is 24.3 Å². The predicted molar refractivity (Wildman–Crippen MR) is 56.0 cm³/mol. The fraction of sp³-hybridized carbons (Fsp3) is 0.500. The van der Waals surface area contributed by atoms with Gasteiger partial charge in [-0.05, 0) is 37.0 Å². The van der Waals surface area contributed by atoms with Gasteiger partial charge >= 0.3 is 6.18 Å². The summed E-state index contributed by atoms with van der Waals surface area (Å²) >= 11 is 0. The van der Waals surface area contributed by atoms with Gasteiger partial charge in [-0.2, -0.15) is 13.2 Å². The second-order valence-electron chi connectivity index (χ2n) is 4.00. The molecule has 1 N–H and O–H groups in total. The molecule has 0 spiro atoms. The van der Waals surface area contributed by atoms with Crippen molar-refractivity contribution in [3.63, 3.8) is 0 Å². The number of aliphatic hydroxyl groups is 1. The van der Waals surface area contributed by atoms with E-state index in [-0.39, 0.29) is 19.3 Å². The second kappa shape index (κ2) is 6.00. The standard InChI is InChI=1S/C12H14F4O/c13-10-4-1-3-9(7-10)8-11(17)5-2-6-12(14,15)16/h1,3-4,7,11,17H,2,5-6,8H2. The number of hydrogen-bond acceptors (Lipinski definition) is 1. The van der Waals surface area contributed by atoms with Crippen molar-refractivity contribution in [3.05, 3.63) is 35.6 Å². The van der Waals surface area contributed by atoms with Crippen LogP contribution in [0.2, 0.25) is 0 Å².